The Labute approximate surface area is 188 Å². The van der Waals surface area contributed by atoms with Crippen molar-refractivity contribution in [2.75, 3.05) is 11.4 Å². The van der Waals surface area contributed by atoms with E-state index in [0.29, 0.717) is 18.0 Å². The van der Waals surface area contributed by atoms with E-state index in [1.807, 2.05) is 38.1 Å². The van der Waals surface area contributed by atoms with Crippen molar-refractivity contribution < 1.29 is 14.3 Å². The van der Waals surface area contributed by atoms with Gasteiger partial charge in [-0.1, -0.05) is 6.07 Å². The zero-order chi connectivity index (χ0) is 22.7. The number of pyridine rings is 1. The Hall–Kier alpha value is -3.40. The van der Waals surface area contributed by atoms with Gasteiger partial charge in [-0.2, -0.15) is 5.26 Å². The molecule has 1 N–H and O–H groups in total. The van der Waals surface area contributed by atoms with Crippen molar-refractivity contribution in [1.29, 1.82) is 5.26 Å². The molecule has 2 fully saturated rings. The summed E-state index contributed by atoms with van der Waals surface area (Å²) in [6.45, 7) is 4.50. The molecule has 1 saturated heterocycles. The van der Waals surface area contributed by atoms with Crippen LogP contribution in [0.1, 0.15) is 48.8 Å². The lowest BCUT2D eigenvalue weighted by molar-refractivity contribution is -0.127. The first-order valence-electron chi connectivity index (χ1n) is 11.1. The quantitative estimate of drug-likeness (QED) is 0.781. The Morgan fingerprint density at radius 2 is 1.94 bits per heavy atom. The molecule has 1 atom stereocenters. The molecule has 0 spiro atoms. The molecule has 4 rings (SSSR count). The molecule has 166 valence electrons. The van der Waals surface area contributed by atoms with Gasteiger partial charge in [-0.15, -0.1) is 0 Å². The van der Waals surface area contributed by atoms with Crippen molar-refractivity contribution in [1.82, 2.24) is 10.3 Å². The van der Waals surface area contributed by atoms with Gasteiger partial charge in [0.25, 0.3) is 0 Å². The van der Waals surface area contributed by atoms with Crippen LogP contribution in [0.3, 0.4) is 0 Å². The largest absolute Gasteiger partial charge is 0.474 e. The molecule has 1 aliphatic carbocycles. The summed E-state index contributed by atoms with van der Waals surface area (Å²) in [6, 6.07) is 11.5. The second kappa shape index (κ2) is 9.39. The first-order chi connectivity index (χ1) is 15.4. The lowest BCUT2D eigenvalue weighted by Gasteiger charge is -2.29. The summed E-state index contributed by atoms with van der Waals surface area (Å²) in [4.78, 5) is 31.3. The van der Waals surface area contributed by atoms with Crippen LogP contribution in [0.5, 0.6) is 5.88 Å². The highest BCUT2D eigenvalue weighted by atomic mass is 16.5. The summed E-state index contributed by atoms with van der Waals surface area (Å²) < 4.78 is 5.92. The van der Waals surface area contributed by atoms with E-state index in [2.05, 4.69) is 10.3 Å². The molecule has 2 heterocycles. The van der Waals surface area contributed by atoms with Gasteiger partial charge in [0, 0.05) is 37.0 Å². The molecule has 7 heteroatoms. The summed E-state index contributed by atoms with van der Waals surface area (Å²) in [5, 5.41) is 12.0. The lowest BCUT2D eigenvalue weighted by Crippen LogP contribution is -2.43. The van der Waals surface area contributed by atoms with Gasteiger partial charge in [0.15, 0.2) is 0 Å². The highest BCUT2D eigenvalue weighted by molar-refractivity contribution is 6.00. The van der Waals surface area contributed by atoms with E-state index in [-0.39, 0.29) is 36.3 Å². The maximum atomic E-state index is 12.8. The number of hydrogen-bond donors (Lipinski definition) is 1. The Morgan fingerprint density at radius 3 is 2.59 bits per heavy atom. The van der Waals surface area contributed by atoms with Crippen LogP contribution < -0.4 is 15.0 Å². The summed E-state index contributed by atoms with van der Waals surface area (Å²) in [5.41, 5.74) is 3.69. The van der Waals surface area contributed by atoms with Crippen molar-refractivity contribution in [3.63, 3.8) is 0 Å². The lowest BCUT2D eigenvalue weighted by atomic mass is 9.92. The molecule has 2 aromatic rings. The first-order valence-corrected chi connectivity index (χ1v) is 11.1. The van der Waals surface area contributed by atoms with Gasteiger partial charge in [-0.05, 0) is 68.9 Å². The normalized spacial score (nSPS) is 23.0. The fourth-order valence-electron chi connectivity index (χ4n) is 4.36. The zero-order valence-corrected chi connectivity index (χ0v) is 18.5. The van der Waals surface area contributed by atoms with Crippen LogP contribution in [0.4, 0.5) is 5.69 Å². The smallest absolute Gasteiger partial charge is 0.227 e. The minimum absolute atomic E-state index is 0.000396. The highest BCUT2D eigenvalue weighted by Crippen LogP contribution is 2.28. The molecule has 1 aromatic carbocycles. The number of hydrogen-bond acceptors (Lipinski definition) is 5. The molecule has 1 saturated carbocycles. The zero-order valence-electron chi connectivity index (χ0n) is 18.5. The Morgan fingerprint density at radius 1 is 1.16 bits per heavy atom. The van der Waals surface area contributed by atoms with Crippen molar-refractivity contribution in [3.05, 3.63) is 53.2 Å². The average molecular weight is 433 g/mol. The highest BCUT2D eigenvalue weighted by Gasteiger charge is 2.36. The molecule has 2 amide bonds. The Balaban J connectivity index is 1.26. The third kappa shape index (κ3) is 4.91. The number of carbonyl (C=O) groups excluding carboxylic acids is 2. The summed E-state index contributed by atoms with van der Waals surface area (Å²) in [5.74, 6) is 0.163. The van der Waals surface area contributed by atoms with Gasteiger partial charge in [-0.25, -0.2) is 4.98 Å². The molecule has 0 bridgehead atoms. The number of nitrogens with one attached hydrogen (secondary N) is 1. The molecule has 32 heavy (non-hydrogen) atoms. The van der Waals surface area contributed by atoms with Gasteiger partial charge in [0.05, 0.1) is 11.5 Å². The van der Waals surface area contributed by atoms with Crippen LogP contribution in [0, 0.1) is 31.1 Å². The summed E-state index contributed by atoms with van der Waals surface area (Å²) in [7, 11) is 0. The molecular formula is C25H28N4O3. The minimum Gasteiger partial charge on any atom is -0.474 e. The molecule has 0 radical (unpaired) electrons. The second-order valence-corrected chi connectivity index (χ2v) is 8.77. The maximum absolute atomic E-state index is 12.8. The number of aromatic nitrogens is 1. The average Bonchev–Trinajstić information content (AvgIpc) is 3.19. The predicted octanol–water partition coefficient (Wildman–Crippen LogP) is 3.43. The number of rotatable bonds is 5. The van der Waals surface area contributed by atoms with E-state index >= 15 is 0 Å². The Bertz CT molecular complexity index is 1040. The van der Waals surface area contributed by atoms with Crippen molar-refractivity contribution in [2.24, 2.45) is 5.92 Å². The van der Waals surface area contributed by atoms with Gasteiger partial charge in [0.1, 0.15) is 12.2 Å². The fraction of sp³-hybridized carbons (Fsp3) is 0.440. The number of nitriles is 1. The van der Waals surface area contributed by atoms with Gasteiger partial charge in [-0.3, -0.25) is 9.59 Å². The van der Waals surface area contributed by atoms with Crippen LogP contribution in [0.2, 0.25) is 0 Å². The van der Waals surface area contributed by atoms with Gasteiger partial charge < -0.3 is 15.0 Å². The SMILES string of the molecule is Cc1ccc(N2CC(C(=O)NC3CCC(Oc4ccc(C#N)cn4)CC3)CC2=O)cc1C. The molecule has 1 aliphatic heterocycles. The van der Waals surface area contributed by atoms with E-state index in [1.165, 1.54) is 11.8 Å². The fourth-order valence-corrected chi connectivity index (χ4v) is 4.36. The third-order valence-electron chi connectivity index (χ3n) is 6.47. The standard InChI is InChI=1S/C25H28N4O3/c1-16-3-7-21(11-17(16)2)29-15-19(12-24(29)30)25(31)28-20-5-8-22(9-6-20)32-23-10-4-18(13-26)14-27-23/h3-4,7,10-11,14,19-20,22H,5-6,8-9,12,15H2,1-2H3,(H,28,31). The maximum Gasteiger partial charge on any atom is 0.227 e. The Kier molecular flexibility index (Phi) is 6.40. The molecule has 1 unspecified atom stereocenters. The number of anilines is 1. The number of carbonyl (C=O) groups is 2. The number of amides is 2. The monoisotopic (exact) mass is 432 g/mol. The predicted molar refractivity (Wildman–Crippen MR) is 120 cm³/mol. The van der Waals surface area contributed by atoms with Gasteiger partial charge >= 0.3 is 0 Å². The van der Waals surface area contributed by atoms with Crippen molar-refractivity contribution in [3.8, 4) is 11.9 Å². The van der Waals surface area contributed by atoms with E-state index in [1.54, 1.807) is 17.0 Å². The van der Waals surface area contributed by atoms with Crippen LogP contribution in [0.25, 0.3) is 0 Å². The van der Waals surface area contributed by atoms with E-state index in [9.17, 15) is 9.59 Å². The topological polar surface area (TPSA) is 95.3 Å². The molecular weight excluding hydrogens is 404 g/mol. The van der Waals surface area contributed by atoms with Crippen LogP contribution in [-0.4, -0.2) is 35.5 Å². The molecule has 2 aliphatic rings. The number of aryl methyl sites for hydroxylation is 2. The van der Waals surface area contributed by atoms with Gasteiger partial charge in [0.2, 0.25) is 17.7 Å². The molecule has 7 nitrogen and oxygen atoms in total. The summed E-state index contributed by atoms with van der Waals surface area (Å²) >= 11 is 0. The summed E-state index contributed by atoms with van der Waals surface area (Å²) in [6.07, 6.45) is 5.11. The van der Waals surface area contributed by atoms with Crippen molar-refractivity contribution in [2.45, 2.75) is 58.1 Å². The number of nitrogens with zero attached hydrogens (tertiary/aromatic N) is 3. The first kappa shape index (κ1) is 21.8. The third-order valence-corrected chi connectivity index (χ3v) is 6.47. The van der Waals surface area contributed by atoms with Crippen LogP contribution >= 0.6 is 0 Å². The van der Waals surface area contributed by atoms with Crippen LogP contribution in [-0.2, 0) is 9.59 Å². The van der Waals surface area contributed by atoms with E-state index in [0.717, 1.165) is 36.9 Å². The van der Waals surface area contributed by atoms with E-state index in [4.69, 9.17) is 10.00 Å². The minimum atomic E-state index is -0.319. The van der Waals surface area contributed by atoms with Crippen LogP contribution in [0.15, 0.2) is 36.5 Å². The number of ether oxygens (including phenoxy) is 1. The number of benzene rings is 1. The van der Waals surface area contributed by atoms with E-state index < -0.39 is 0 Å². The second-order valence-electron chi connectivity index (χ2n) is 8.77. The molecule has 1 aromatic heterocycles. The van der Waals surface area contributed by atoms with Crippen molar-refractivity contribution >= 4 is 17.5 Å².